The van der Waals surface area contributed by atoms with Gasteiger partial charge in [-0.15, -0.1) is 0 Å². The Morgan fingerprint density at radius 3 is 2.56 bits per heavy atom. The Morgan fingerprint density at radius 2 is 1.84 bits per heavy atom. The molecule has 32 heavy (non-hydrogen) atoms. The van der Waals surface area contributed by atoms with E-state index in [1.54, 1.807) is 6.08 Å². The Labute approximate surface area is 191 Å². The van der Waals surface area contributed by atoms with E-state index in [4.69, 9.17) is 16.3 Å². The molecular weight excluding hydrogens is 461 g/mol. The molecule has 4 nitrogen and oxygen atoms in total. The van der Waals surface area contributed by atoms with Crippen molar-refractivity contribution in [1.82, 2.24) is 9.97 Å². The molecule has 0 amide bonds. The van der Waals surface area contributed by atoms with E-state index < -0.39 is 23.6 Å². The van der Waals surface area contributed by atoms with Crippen LogP contribution in [-0.2, 0) is 10.9 Å². The summed E-state index contributed by atoms with van der Waals surface area (Å²) >= 11 is 7.59. The van der Waals surface area contributed by atoms with Gasteiger partial charge >= 0.3 is 12.1 Å². The number of carbonyl (C=O) groups is 1. The van der Waals surface area contributed by atoms with Crippen LogP contribution in [0.1, 0.15) is 44.2 Å². The largest absolute Gasteiger partial charge is 0.464 e. The van der Waals surface area contributed by atoms with Crippen molar-refractivity contribution in [3.63, 3.8) is 0 Å². The number of esters is 1. The van der Waals surface area contributed by atoms with Crippen LogP contribution in [0.4, 0.5) is 13.2 Å². The third-order valence-corrected chi connectivity index (χ3v) is 6.43. The highest BCUT2D eigenvalue weighted by Gasteiger charge is 2.34. The highest BCUT2D eigenvalue weighted by molar-refractivity contribution is 7.99. The molecule has 4 rings (SSSR count). The Morgan fingerprint density at radius 1 is 1.09 bits per heavy atom. The van der Waals surface area contributed by atoms with E-state index in [0.29, 0.717) is 15.5 Å². The third-order valence-electron chi connectivity index (χ3n) is 5.02. The van der Waals surface area contributed by atoms with Crippen LogP contribution >= 0.6 is 23.4 Å². The first kappa shape index (κ1) is 22.4. The number of allylic oxidation sites excluding steroid dienone is 1. The second-order valence-corrected chi connectivity index (χ2v) is 8.62. The normalized spacial score (nSPS) is 15.3. The van der Waals surface area contributed by atoms with E-state index in [9.17, 15) is 18.0 Å². The van der Waals surface area contributed by atoms with Gasteiger partial charge in [0.05, 0.1) is 12.7 Å². The van der Waals surface area contributed by atoms with Crippen LogP contribution in [0, 0.1) is 6.92 Å². The molecule has 3 aromatic rings. The molecule has 0 bridgehead atoms. The molecule has 9 heteroatoms. The lowest BCUT2D eigenvalue weighted by molar-refractivity contribution is -0.137. The third kappa shape index (κ3) is 4.25. The highest BCUT2D eigenvalue weighted by atomic mass is 35.5. The monoisotopic (exact) mass is 476 g/mol. The summed E-state index contributed by atoms with van der Waals surface area (Å²) in [6.45, 7) is 1.91. The first-order chi connectivity index (χ1) is 15.2. The van der Waals surface area contributed by atoms with Crippen LogP contribution in [0.15, 0.2) is 63.7 Å². The molecule has 0 aliphatic heterocycles. The summed E-state index contributed by atoms with van der Waals surface area (Å²) in [4.78, 5) is 20.8. The summed E-state index contributed by atoms with van der Waals surface area (Å²) in [5, 5.41) is 0.641. The molecule has 0 saturated heterocycles. The lowest BCUT2D eigenvalue weighted by Crippen LogP contribution is -2.10. The minimum Gasteiger partial charge on any atom is -0.464 e. The van der Waals surface area contributed by atoms with Gasteiger partial charge in [-0.3, -0.25) is 0 Å². The zero-order valence-electron chi connectivity index (χ0n) is 16.9. The van der Waals surface area contributed by atoms with Gasteiger partial charge < -0.3 is 4.74 Å². The van der Waals surface area contributed by atoms with E-state index in [1.807, 2.05) is 25.1 Å². The summed E-state index contributed by atoms with van der Waals surface area (Å²) in [6, 6.07) is 9.22. The van der Waals surface area contributed by atoms with E-state index in [1.165, 1.54) is 25.6 Å². The van der Waals surface area contributed by atoms with Crippen molar-refractivity contribution < 1.29 is 22.7 Å². The van der Waals surface area contributed by atoms with E-state index in [0.717, 1.165) is 40.6 Å². The van der Waals surface area contributed by atoms with Gasteiger partial charge in [-0.1, -0.05) is 47.1 Å². The number of hydrogen-bond acceptors (Lipinski definition) is 5. The fourth-order valence-corrected chi connectivity index (χ4v) is 4.89. The number of aryl methyl sites for hydroxylation is 1. The second kappa shape index (κ2) is 8.60. The van der Waals surface area contributed by atoms with Gasteiger partial charge in [0.1, 0.15) is 5.03 Å². The van der Waals surface area contributed by atoms with Crippen LogP contribution in [0.25, 0.3) is 6.08 Å². The number of alkyl halides is 3. The van der Waals surface area contributed by atoms with Gasteiger partial charge in [-0.2, -0.15) is 13.2 Å². The lowest BCUT2D eigenvalue weighted by Gasteiger charge is -2.20. The van der Waals surface area contributed by atoms with Crippen molar-refractivity contribution in [1.29, 1.82) is 0 Å². The topological polar surface area (TPSA) is 52.1 Å². The number of hydrogen-bond donors (Lipinski definition) is 0. The van der Waals surface area contributed by atoms with E-state index in [-0.39, 0.29) is 10.7 Å². The van der Waals surface area contributed by atoms with Gasteiger partial charge in [-0.05, 0) is 47.9 Å². The number of halogens is 4. The van der Waals surface area contributed by atoms with Crippen molar-refractivity contribution in [3.8, 4) is 0 Å². The van der Waals surface area contributed by atoms with Crippen LogP contribution in [-0.4, -0.2) is 23.0 Å². The fourth-order valence-electron chi connectivity index (χ4n) is 3.56. The van der Waals surface area contributed by atoms with Crippen molar-refractivity contribution in [2.45, 2.75) is 28.9 Å². The van der Waals surface area contributed by atoms with Gasteiger partial charge in [0.25, 0.3) is 0 Å². The molecule has 1 atom stereocenters. The zero-order chi connectivity index (χ0) is 23.0. The first-order valence-electron chi connectivity index (χ1n) is 9.45. The number of carbonyl (C=O) groups excluding carboxylic acids is 1. The van der Waals surface area contributed by atoms with Gasteiger partial charge in [0.15, 0.2) is 5.69 Å². The SMILES string of the molecule is COC(=O)c1nccnc1Sc1ccc(C(F)(F)F)cc1C1C(Cl)=Cc2ccc(C)cc21. The summed E-state index contributed by atoms with van der Waals surface area (Å²) in [6.07, 6.45) is -0.0109. The standard InChI is InChI=1S/C23H16ClF3N2O2S/c1-12-3-4-13-10-17(24)19(15(13)9-12)16-11-14(23(25,26)27)5-6-18(16)32-21-20(22(30)31-2)28-7-8-29-21/h3-11,19H,1-2H3. The molecule has 0 N–H and O–H groups in total. The number of aromatic nitrogens is 2. The van der Waals surface area contributed by atoms with Crippen molar-refractivity contribution >= 4 is 35.4 Å². The molecule has 164 valence electrons. The van der Waals surface area contributed by atoms with Crippen molar-refractivity contribution in [3.05, 3.63) is 87.3 Å². The number of nitrogens with zero attached hydrogens (tertiary/aromatic N) is 2. The molecular formula is C23H16ClF3N2O2S. The van der Waals surface area contributed by atoms with E-state index >= 15 is 0 Å². The van der Waals surface area contributed by atoms with Crippen LogP contribution in [0.2, 0.25) is 0 Å². The molecule has 0 fully saturated rings. The molecule has 1 aliphatic carbocycles. The summed E-state index contributed by atoms with van der Waals surface area (Å²) in [5.74, 6) is -1.26. The minimum absolute atomic E-state index is 0.0184. The quantitative estimate of drug-likeness (QED) is 0.404. The molecule has 0 spiro atoms. The number of methoxy groups -OCH3 is 1. The predicted molar refractivity (Wildman–Crippen MR) is 116 cm³/mol. The number of rotatable bonds is 4. The Hall–Kier alpha value is -2.84. The predicted octanol–water partition coefficient (Wildman–Crippen LogP) is 6.47. The van der Waals surface area contributed by atoms with Crippen molar-refractivity contribution in [2.24, 2.45) is 0 Å². The van der Waals surface area contributed by atoms with Crippen LogP contribution < -0.4 is 0 Å². The average Bonchev–Trinajstić information content (AvgIpc) is 3.08. The Balaban J connectivity index is 1.87. The maximum absolute atomic E-state index is 13.5. The number of ether oxygens (including phenoxy) is 1. The molecule has 1 heterocycles. The molecule has 0 radical (unpaired) electrons. The maximum atomic E-state index is 13.5. The van der Waals surface area contributed by atoms with Crippen molar-refractivity contribution in [2.75, 3.05) is 7.11 Å². The van der Waals surface area contributed by atoms with E-state index in [2.05, 4.69) is 9.97 Å². The summed E-state index contributed by atoms with van der Waals surface area (Å²) < 4.78 is 45.4. The lowest BCUT2D eigenvalue weighted by atomic mass is 9.90. The van der Waals surface area contributed by atoms with Crippen LogP contribution in [0.3, 0.4) is 0 Å². The zero-order valence-corrected chi connectivity index (χ0v) is 18.5. The molecule has 2 aromatic carbocycles. The smallest absolute Gasteiger partial charge is 0.416 e. The first-order valence-corrected chi connectivity index (χ1v) is 10.6. The van der Waals surface area contributed by atoms with Crippen LogP contribution in [0.5, 0.6) is 0 Å². The van der Waals surface area contributed by atoms with Gasteiger partial charge in [-0.25, -0.2) is 14.8 Å². The number of fused-ring (bicyclic) bond motifs is 1. The summed E-state index contributed by atoms with van der Waals surface area (Å²) in [5.41, 5.74) is 2.22. The number of benzene rings is 2. The minimum atomic E-state index is -4.52. The van der Waals surface area contributed by atoms with Gasteiger partial charge in [0, 0.05) is 28.2 Å². The Kier molecular flexibility index (Phi) is 6.01. The summed E-state index contributed by atoms with van der Waals surface area (Å²) in [7, 11) is 1.22. The fraction of sp³-hybridized carbons (Fsp3) is 0.174. The maximum Gasteiger partial charge on any atom is 0.416 e. The molecule has 1 aliphatic rings. The second-order valence-electron chi connectivity index (χ2n) is 7.15. The highest BCUT2D eigenvalue weighted by Crippen LogP contribution is 2.48. The molecule has 1 aromatic heterocycles. The Bertz CT molecular complexity index is 1240. The molecule has 1 unspecified atom stereocenters. The molecule has 0 saturated carbocycles. The average molecular weight is 477 g/mol. The van der Waals surface area contributed by atoms with Gasteiger partial charge in [0.2, 0.25) is 0 Å².